The highest BCUT2D eigenvalue weighted by Gasteiger charge is 2.26. The first-order chi connectivity index (χ1) is 11.3. The predicted octanol–water partition coefficient (Wildman–Crippen LogP) is 2.54. The number of rotatable bonds is 6. The highest BCUT2D eigenvalue weighted by atomic mass is 32.2. The smallest absolute Gasteiger partial charge is 0.208 e. The van der Waals surface area contributed by atoms with Gasteiger partial charge in [0, 0.05) is 18.8 Å². The van der Waals surface area contributed by atoms with Gasteiger partial charge in [0.1, 0.15) is 0 Å². The number of aryl methyl sites for hydroxylation is 2. The molecule has 0 saturated carbocycles. The molecular weight excluding hydrogens is 324 g/mol. The molecule has 0 saturated heterocycles. The molecule has 0 amide bonds. The molecule has 0 radical (unpaired) electrons. The van der Waals surface area contributed by atoms with E-state index in [2.05, 4.69) is 0 Å². The molecule has 0 heterocycles. The molecule has 0 fully saturated rings. The van der Waals surface area contributed by atoms with Crippen LogP contribution in [0.4, 0.5) is 11.4 Å². The minimum atomic E-state index is -3.69. The lowest BCUT2D eigenvalue weighted by molar-refractivity contribution is 0.302. The Morgan fingerprint density at radius 3 is 2.42 bits per heavy atom. The zero-order valence-corrected chi connectivity index (χ0v) is 15.1. The SMILES string of the molecule is CCN(CCO)c1cccc(C)c1S(=O)(=O)c1ccc(N)c(C)c1. The Morgan fingerprint density at radius 2 is 1.83 bits per heavy atom. The number of nitrogens with two attached hydrogens (primary N) is 1. The summed E-state index contributed by atoms with van der Waals surface area (Å²) in [6.07, 6.45) is 0. The van der Waals surface area contributed by atoms with Gasteiger partial charge in [0.15, 0.2) is 0 Å². The molecule has 0 bridgehead atoms. The van der Waals surface area contributed by atoms with Crippen molar-refractivity contribution in [3.8, 4) is 0 Å². The van der Waals surface area contributed by atoms with Gasteiger partial charge in [-0.25, -0.2) is 8.42 Å². The van der Waals surface area contributed by atoms with Crippen LogP contribution in [0, 0.1) is 13.8 Å². The monoisotopic (exact) mass is 348 g/mol. The van der Waals surface area contributed by atoms with Crippen LogP contribution in [0.5, 0.6) is 0 Å². The fraction of sp³-hybridized carbons (Fsp3) is 0.333. The minimum absolute atomic E-state index is 0.0394. The third-order valence-corrected chi connectivity index (χ3v) is 6.05. The van der Waals surface area contributed by atoms with Crippen LogP contribution in [0.1, 0.15) is 18.1 Å². The third-order valence-electron chi connectivity index (χ3n) is 4.10. The van der Waals surface area contributed by atoms with Gasteiger partial charge in [-0.1, -0.05) is 12.1 Å². The number of anilines is 2. The van der Waals surface area contributed by atoms with Crippen LogP contribution in [-0.4, -0.2) is 33.2 Å². The average molecular weight is 348 g/mol. The summed E-state index contributed by atoms with van der Waals surface area (Å²) in [5.41, 5.74) is 8.39. The maximum Gasteiger partial charge on any atom is 0.208 e. The van der Waals surface area contributed by atoms with Gasteiger partial charge in [-0.05, 0) is 56.2 Å². The number of aliphatic hydroxyl groups is 1. The van der Waals surface area contributed by atoms with E-state index >= 15 is 0 Å². The number of nitrogen functional groups attached to an aromatic ring is 1. The summed E-state index contributed by atoms with van der Waals surface area (Å²) < 4.78 is 26.5. The molecular formula is C18H24N2O3S. The molecule has 5 nitrogen and oxygen atoms in total. The lowest BCUT2D eigenvalue weighted by Crippen LogP contribution is -2.28. The van der Waals surface area contributed by atoms with Crippen molar-refractivity contribution in [2.24, 2.45) is 0 Å². The van der Waals surface area contributed by atoms with E-state index in [0.717, 1.165) is 5.56 Å². The van der Waals surface area contributed by atoms with E-state index in [4.69, 9.17) is 5.73 Å². The maximum atomic E-state index is 13.2. The van der Waals surface area contributed by atoms with Crippen LogP contribution in [0.2, 0.25) is 0 Å². The van der Waals surface area contributed by atoms with Crippen molar-refractivity contribution >= 4 is 21.2 Å². The summed E-state index contributed by atoms with van der Waals surface area (Å²) in [6, 6.07) is 10.2. The third kappa shape index (κ3) is 3.39. The molecule has 0 aliphatic heterocycles. The van der Waals surface area contributed by atoms with E-state index < -0.39 is 9.84 Å². The first kappa shape index (κ1) is 18.3. The van der Waals surface area contributed by atoms with Gasteiger partial charge in [-0.3, -0.25) is 0 Å². The maximum absolute atomic E-state index is 13.2. The molecule has 0 unspecified atom stereocenters. The Bertz CT molecular complexity index is 832. The molecule has 0 atom stereocenters. The van der Waals surface area contributed by atoms with Crippen molar-refractivity contribution in [1.29, 1.82) is 0 Å². The van der Waals surface area contributed by atoms with Crippen LogP contribution < -0.4 is 10.6 Å². The normalized spacial score (nSPS) is 11.5. The summed E-state index contributed by atoms with van der Waals surface area (Å²) in [7, 11) is -3.69. The molecule has 0 aliphatic carbocycles. The molecule has 2 aromatic rings. The van der Waals surface area contributed by atoms with Crippen LogP contribution in [0.3, 0.4) is 0 Å². The van der Waals surface area contributed by atoms with E-state index in [1.54, 1.807) is 38.1 Å². The molecule has 6 heteroatoms. The lowest BCUT2D eigenvalue weighted by atomic mass is 10.2. The highest BCUT2D eigenvalue weighted by Crippen LogP contribution is 2.33. The predicted molar refractivity (Wildman–Crippen MR) is 97.2 cm³/mol. The average Bonchev–Trinajstić information content (AvgIpc) is 2.54. The highest BCUT2D eigenvalue weighted by molar-refractivity contribution is 7.91. The number of hydrogen-bond donors (Lipinski definition) is 2. The molecule has 3 N–H and O–H groups in total. The van der Waals surface area contributed by atoms with E-state index in [1.807, 2.05) is 17.9 Å². The zero-order valence-electron chi connectivity index (χ0n) is 14.3. The molecule has 0 aliphatic rings. The van der Waals surface area contributed by atoms with E-state index in [1.165, 1.54) is 6.07 Å². The van der Waals surface area contributed by atoms with Gasteiger partial charge in [0.2, 0.25) is 9.84 Å². The first-order valence-electron chi connectivity index (χ1n) is 7.89. The van der Waals surface area contributed by atoms with Gasteiger partial charge >= 0.3 is 0 Å². The molecule has 0 spiro atoms. The van der Waals surface area contributed by atoms with Crippen molar-refractivity contribution in [3.05, 3.63) is 47.5 Å². The second kappa shape index (κ2) is 7.23. The van der Waals surface area contributed by atoms with E-state index in [9.17, 15) is 13.5 Å². The van der Waals surface area contributed by atoms with Gasteiger partial charge in [0.05, 0.1) is 22.1 Å². The number of nitrogens with zero attached hydrogens (tertiary/aromatic N) is 1. The van der Waals surface area contributed by atoms with Gasteiger partial charge < -0.3 is 15.7 Å². The minimum Gasteiger partial charge on any atom is -0.399 e. The summed E-state index contributed by atoms with van der Waals surface area (Å²) in [4.78, 5) is 2.37. The lowest BCUT2D eigenvalue weighted by Gasteiger charge is -2.26. The standard InChI is InChI=1S/C18H24N2O3S/c1-4-20(10-11-21)17-7-5-6-13(2)18(17)24(22,23)15-8-9-16(19)14(3)12-15/h5-9,12,21H,4,10-11,19H2,1-3H3. The fourth-order valence-electron chi connectivity index (χ4n) is 2.74. The van der Waals surface area contributed by atoms with Crippen LogP contribution in [0.25, 0.3) is 0 Å². The largest absolute Gasteiger partial charge is 0.399 e. The number of aliphatic hydroxyl groups excluding tert-OH is 1. The van der Waals surface area contributed by atoms with E-state index in [0.29, 0.717) is 30.0 Å². The second-order valence-electron chi connectivity index (χ2n) is 5.75. The number of benzene rings is 2. The van der Waals surface area contributed by atoms with Crippen molar-refractivity contribution in [3.63, 3.8) is 0 Å². The Morgan fingerprint density at radius 1 is 1.12 bits per heavy atom. The van der Waals surface area contributed by atoms with Crippen molar-refractivity contribution in [1.82, 2.24) is 0 Å². The van der Waals surface area contributed by atoms with Crippen LogP contribution in [0.15, 0.2) is 46.2 Å². The van der Waals surface area contributed by atoms with Crippen molar-refractivity contribution < 1.29 is 13.5 Å². The number of likely N-dealkylation sites (N-methyl/N-ethyl adjacent to an activating group) is 1. The second-order valence-corrected chi connectivity index (χ2v) is 7.63. The Hall–Kier alpha value is -2.05. The molecule has 2 aromatic carbocycles. The first-order valence-corrected chi connectivity index (χ1v) is 9.37. The van der Waals surface area contributed by atoms with E-state index in [-0.39, 0.29) is 16.4 Å². The van der Waals surface area contributed by atoms with Crippen molar-refractivity contribution in [2.75, 3.05) is 30.3 Å². The number of hydrogen-bond acceptors (Lipinski definition) is 5. The van der Waals surface area contributed by atoms with Crippen molar-refractivity contribution in [2.45, 2.75) is 30.6 Å². The molecule has 2 rings (SSSR count). The summed E-state index contributed by atoms with van der Waals surface area (Å²) in [6.45, 7) is 6.45. The van der Waals surface area contributed by atoms with Gasteiger partial charge in [-0.15, -0.1) is 0 Å². The topological polar surface area (TPSA) is 83.6 Å². The Labute approximate surface area is 143 Å². The summed E-state index contributed by atoms with van der Waals surface area (Å²) >= 11 is 0. The van der Waals surface area contributed by atoms with Gasteiger partial charge in [-0.2, -0.15) is 0 Å². The summed E-state index contributed by atoms with van der Waals surface area (Å²) in [5, 5.41) is 9.27. The molecule has 24 heavy (non-hydrogen) atoms. The zero-order chi connectivity index (χ0) is 17.9. The molecule has 130 valence electrons. The van der Waals surface area contributed by atoms with Crippen LogP contribution in [-0.2, 0) is 9.84 Å². The quantitative estimate of drug-likeness (QED) is 0.784. The Balaban J connectivity index is 2.67. The summed E-state index contributed by atoms with van der Waals surface area (Å²) in [5.74, 6) is 0. The fourth-order valence-corrected chi connectivity index (χ4v) is 4.52. The number of sulfone groups is 1. The van der Waals surface area contributed by atoms with Gasteiger partial charge in [0.25, 0.3) is 0 Å². The Kier molecular flexibility index (Phi) is 5.51. The molecule has 0 aromatic heterocycles. The van der Waals surface area contributed by atoms with Crippen LogP contribution >= 0.6 is 0 Å².